The first-order valence-corrected chi connectivity index (χ1v) is 8.14. The molecule has 0 aliphatic carbocycles. The van der Waals surface area contributed by atoms with Crippen LogP contribution in [-0.2, 0) is 6.54 Å². The van der Waals surface area contributed by atoms with E-state index in [0.717, 1.165) is 36.5 Å². The fourth-order valence-corrected chi connectivity index (χ4v) is 3.85. The third-order valence-corrected chi connectivity index (χ3v) is 5.15. The Balaban J connectivity index is 1.67. The van der Waals surface area contributed by atoms with E-state index in [1.54, 1.807) is 35.6 Å². The maximum atomic E-state index is 10.7. The van der Waals surface area contributed by atoms with Crippen molar-refractivity contribution in [1.82, 2.24) is 4.90 Å². The third kappa shape index (κ3) is 3.35. The average Bonchev–Trinajstić information content (AvgIpc) is 3.17. The number of aliphatic hydroxyl groups excluding tert-OH is 1. The molecule has 1 aromatic heterocycles. The lowest BCUT2D eigenvalue weighted by Crippen LogP contribution is -2.20. The molecule has 3 rings (SSSR count). The Bertz CT molecular complexity index is 654. The highest BCUT2D eigenvalue weighted by atomic mass is 32.1. The predicted molar refractivity (Wildman–Crippen MR) is 86.9 cm³/mol. The fourth-order valence-electron chi connectivity index (χ4n) is 2.79. The number of nitrogens with zero attached hydrogens (tertiary/aromatic N) is 2. The highest BCUT2D eigenvalue weighted by Crippen LogP contribution is 2.31. The minimum Gasteiger partial charge on any atom is -0.396 e. The number of rotatable bonds is 5. The predicted octanol–water partition coefficient (Wildman–Crippen LogP) is 3.14. The molecular weight excluding hydrogens is 300 g/mol. The smallest absolute Gasteiger partial charge is 0.269 e. The second-order valence-corrected chi connectivity index (χ2v) is 6.81. The summed E-state index contributed by atoms with van der Waals surface area (Å²) in [4.78, 5) is 15.1. The van der Waals surface area contributed by atoms with Gasteiger partial charge in [0.25, 0.3) is 5.69 Å². The van der Waals surface area contributed by atoms with Crippen LogP contribution in [0.25, 0.3) is 10.4 Å². The molecule has 1 N–H and O–H groups in total. The van der Waals surface area contributed by atoms with Crippen LogP contribution < -0.4 is 0 Å². The second-order valence-electron chi connectivity index (χ2n) is 5.64. The number of benzene rings is 1. The van der Waals surface area contributed by atoms with Crippen molar-refractivity contribution >= 4 is 17.0 Å². The summed E-state index contributed by atoms with van der Waals surface area (Å²) in [5, 5.41) is 19.9. The van der Waals surface area contributed by atoms with Crippen molar-refractivity contribution in [1.29, 1.82) is 0 Å². The van der Waals surface area contributed by atoms with Crippen LogP contribution in [0.5, 0.6) is 0 Å². The van der Waals surface area contributed by atoms with Gasteiger partial charge in [0.2, 0.25) is 0 Å². The van der Waals surface area contributed by atoms with Crippen LogP contribution in [0.15, 0.2) is 36.4 Å². The van der Waals surface area contributed by atoms with Gasteiger partial charge in [-0.15, -0.1) is 11.3 Å². The first-order chi connectivity index (χ1) is 10.7. The van der Waals surface area contributed by atoms with E-state index in [9.17, 15) is 15.2 Å². The molecule has 0 bridgehead atoms. The highest BCUT2D eigenvalue weighted by molar-refractivity contribution is 7.15. The van der Waals surface area contributed by atoms with E-state index in [1.165, 1.54) is 4.88 Å². The Morgan fingerprint density at radius 3 is 2.68 bits per heavy atom. The molecule has 1 unspecified atom stereocenters. The average molecular weight is 318 g/mol. The van der Waals surface area contributed by atoms with Crippen LogP contribution >= 0.6 is 11.3 Å². The zero-order valence-electron chi connectivity index (χ0n) is 12.1. The quantitative estimate of drug-likeness (QED) is 0.679. The number of hydrogen-bond acceptors (Lipinski definition) is 5. The summed E-state index contributed by atoms with van der Waals surface area (Å²) in [5.41, 5.74) is 1.13. The SMILES string of the molecule is O=[N+]([O-])c1ccc(-c2ccc(CN3CCC(CO)C3)s2)cc1. The van der Waals surface area contributed by atoms with Crippen molar-refractivity contribution in [3.05, 3.63) is 51.4 Å². The van der Waals surface area contributed by atoms with Gasteiger partial charge in [0.1, 0.15) is 0 Å². The summed E-state index contributed by atoms with van der Waals surface area (Å²) < 4.78 is 0. The molecule has 22 heavy (non-hydrogen) atoms. The first kappa shape index (κ1) is 15.1. The molecule has 0 radical (unpaired) electrons. The van der Waals surface area contributed by atoms with Crippen LogP contribution in [0.1, 0.15) is 11.3 Å². The van der Waals surface area contributed by atoms with Crippen LogP contribution in [0.4, 0.5) is 5.69 Å². The van der Waals surface area contributed by atoms with Crippen LogP contribution in [0.2, 0.25) is 0 Å². The maximum absolute atomic E-state index is 10.7. The van der Waals surface area contributed by atoms with E-state index < -0.39 is 0 Å². The Kier molecular flexibility index (Phi) is 4.52. The first-order valence-electron chi connectivity index (χ1n) is 7.32. The summed E-state index contributed by atoms with van der Waals surface area (Å²) in [6.07, 6.45) is 1.07. The number of non-ortho nitro benzene ring substituents is 1. The lowest BCUT2D eigenvalue weighted by atomic mass is 10.1. The van der Waals surface area contributed by atoms with E-state index in [2.05, 4.69) is 17.0 Å². The molecule has 6 heteroatoms. The summed E-state index contributed by atoms with van der Waals surface area (Å²) in [7, 11) is 0. The molecule has 0 saturated carbocycles. The Morgan fingerprint density at radius 2 is 2.05 bits per heavy atom. The zero-order chi connectivity index (χ0) is 15.5. The van der Waals surface area contributed by atoms with Crippen molar-refractivity contribution in [3.8, 4) is 10.4 Å². The van der Waals surface area contributed by atoms with Gasteiger partial charge < -0.3 is 5.11 Å². The summed E-state index contributed by atoms with van der Waals surface area (Å²) in [6.45, 7) is 3.18. The number of nitro groups is 1. The van der Waals surface area contributed by atoms with Gasteiger partial charge in [0.05, 0.1) is 4.92 Å². The standard InChI is InChI=1S/C16H18N2O3S/c19-11-12-7-8-17(9-12)10-15-5-6-16(22-15)13-1-3-14(4-2-13)18(20)21/h1-6,12,19H,7-11H2. The summed E-state index contributed by atoms with van der Waals surface area (Å²) in [5.74, 6) is 0.411. The molecule has 0 amide bonds. The van der Waals surface area contributed by atoms with Gasteiger partial charge in [-0.2, -0.15) is 0 Å². The van der Waals surface area contributed by atoms with Gasteiger partial charge in [-0.3, -0.25) is 15.0 Å². The second kappa shape index (κ2) is 6.56. The molecule has 0 spiro atoms. The van der Waals surface area contributed by atoms with Crippen LogP contribution in [-0.4, -0.2) is 34.6 Å². The van der Waals surface area contributed by atoms with Crippen LogP contribution in [0, 0.1) is 16.0 Å². The number of thiophene rings is 1. The minimum absolute atomic E-state index is 0.118. The van der Waals surface area contributed by atoms with Gasteiger partial charge in [-0.1, -0.05) is 0 Å². The van der Waals surface area contributed by atoms with Crippen molar-refractivity contribution < 1.29 is 10.0 Å². The van der Waals surface area contributed by atoms with Gasteiger partial charge in [0, 0.05) is 41.6 Å². The van der Waals surface area contributed by atoms with Crippen molar-refractivity contribution in [2.45, 2.75) is 13.0 Å². The van der Waals surface area contributed by atoms with Crippen molar-refractivity contribution in [2.75, 3.05) is 19.7 Å². The van der Waals surface area contributed by atoms with Gasteiger partial charge in [-0.05, 0) is 48.7 Å². The molecule has 1 atom stereocenters. The van der Waals surface area contributed by atoms with Crippen LogP contribution in [0.3, 0.4) is 0 Å². The van der Waals surface area contributed by atoms with Gasteiger partial charge >= 0.3 is 0 Å². The Labute approximate surface area is 133 Å². The zero-order valence-corrected chi connectivity index (χ0v) is 13.0. The molecular formula is C16H18N2O3S. The third-order valence-electron chi connectivity index (χ3n) is 4.03. The molecule has 1 saturated heterocycles. The highest BCUT2D eigenvalue weighted by Gasteiger charge is 2.22. The molecule has 1 aliphatic heterocycles. The summed E-state index contributed by atoms with van der Waals surface area (Å²) in [6, 6.07) is 10.9. The Morgan fingerprint density at radius 1 is 1.27 bits per heavy atom. The molecule has 1 fully saturated rings. The normalized spacial score (nSPS) is 18.7. The van der Waals surface area contributed by atoms with E-state index in [0.29, 0.717) is 5.92 Å². The topological polar surface area (TPSA) is 66.6 Å². The molecule has 5 nitrogen and oxygen atoms in total. The summed E-state index contributed by atoms with van der Waals surface area (Å²) >= 11 is 1.72. The van der Waals surface area contributed by atoms with E-state index in [-0.39, 0.29) is 17.2 Å². The lowest BCUT2D eigenvalue weighted by Gasteiger charge is -2.13. The maximum Gasteiger partial charge on any atom is 0.269 e. The molecule has 1 aromatic carbocycles. The lowest BCUT2D eigenvalue weighted by molar-refractivity contribution is -0.384. The Hall–Kier alpha value is -1.76. The van der Waals surface area contributed by atoms with Crippen molar-refractivity contribution in [3.63, 3.8) is 0 Å². The molecule has 2 heterocycles. The monoisotopic (exact) mass is 318 g/mol. The number of hydrogen-bond donors (Lipinski definition) is 1. The van der Waals surface area contributed by atoms with E-state index in [1.807, 2.05) is 0 Å². The van der Waals surface area contributed by atoms with Gasteiger partial charge in [-0.25, -0.2) is 0 Å². The number of likely N-dealkylation sites (tertiary alicyclic amines) is 1. The minimum atomic E-state index is -0.380. The van der Waals surface area contributed by atoms with Crippen molar-refractivity contribution in [2.24, 2.45) is 5.92 Å². The largest absolute Gasteiger partial charge is 0.396 e. The van der Waals surface area contributed by atoms with E-state index >= 15 is 0 Å². The molecule has 2 aromatic rings. The number of aliphatic hydroxyl groups is 1. The van der Waals surface area contributed by atoms with Gasteiger partial charge in [0.15, 0.2) is 0 Å². The number of nitro benzene ring substituents is 1. The molecule has 116 valence electrons. The fraction of sp³-hybridized carbons (Fsp3) is 0.375. The van der Waals surface area contributed by atoms with E-state index in [4.69, 9.17) is 0 Å². The molecule has 1 aliphatic rings.